The highest BCUT2D eigenvalue weighted by molar-refractivity contribution is 5.92. The largest absolute Gasteiger partial charge is 0.489 e. The Kier molecular flexibility index (Phi) is 2.99. The molecule has 3 rings (SSSR count). The van der Waals surface area contributed by atoms with Crippen LogP contribution in [0.4, 0.5) is 0 Å². The van der Waals surface area contributed by atoms with Gasteiger partial charge < -0.3 is 14.0 Å². The molecule has 0 N–H and O–H groups in total. The fourth-order valence-electron chi connectivity index (χ4n) is 2.38. The zero-order valence-corrected chi connectivity index (χ0v) is 10.8. The summed E-state index contributed by atoms with van der Waals surface area (Å²) in [6.45, 7) is 3.51. The monoisotopic (exact) mass is 257 g/mol. The third-order valence-corrected chi connectivity index (χ3v) is 3.17. The van der Waals surface area contributed by atoms with Gasteiger partial charge in [0.25, 0.3) is 0 Å². The third-order valence-electron chi connectivity index (χ3n) is 3.17. The van der Waals surface area contributed by atoms with Crippen molar-refractivity contribution >= 4 is 22.6 Å². The van der Waals surface area contributed by atoms with Crippen LogP contribution < -0.4 is 0 Å². The van der Waals surface area contributed by atoms with Crippen molar-refractivity contribution in [2.24, 2.45) is 0 Å². The van der Waals surface area contributed by atoms with Gasteiger partial charge in [0.05, 0.1) is 24.9 Å². The lowest BCUT2D eigenvalue weighted by Crippen LogP contribution is -2.16. The smallest absolute Gasteiger partial charge is 0.334 e. The summed E-state index contributed by atoms with van der Waals surface area (Å²) in [5, 5.41) is 1.15. The summed E-state index contributed by atoms with van der Waals surface area (Å²) in [6, 6.07) is 10.2. The Morgan fingerprint density at radius 2 is 2.32 bits per heavy atom. The second-order valence-electron chi connectivity index (χ2n) is 4.35. The summed E-state index contributed by atoms with van der Waals surface area (Å²) in [6.07, 6.45) is 1.42. The average Bonchev–Trinajstić information content (AvgIpc) is 2.79. The minimum Gasteiger partial charge on any atom is -0.489 e. The summed E-state index contributed by atoms with van der Waals surface area (Å²) in [5.74, 6) is 0.220. The highest BCUT2D eigenvalue weighted by Gasteiger charge is 2.19. The van der Waals surface area contributed by atoms with Crippen molar-refractivity contribution in [1.29, 1.82) is 0 Å². The summed E-state index contributed by atoms with van der Waals surface area (Å²) in [4.78, 5) is 11.5. The molecule has 4 nitrogen and oxygen atoms in total. The highest BCUT2D eigenvalue weighted by Crippen LogP contribution is 2.28. The van der Waals surface area contributed by atoms with Crippen LogP contribution >= 0.6 is 0 Å². The molecule has 2 heterocycles. The van der Waals surface area contributed by atoms with E-state index in [1.54, 1.807) is 6.92 Å². The second kappa shape index (κ2) is 4.80. The number of rotatable bonds is 2. The van der Waals surface area contributed by atoms with Crippen LogP contribution in [0, 0.1) is 0 Å². The van der Waals surface area contributed by atoms with Crippen LogP contribution in [-0.4, -0.2) is 23.8 Å². The molecule has 19 heavy (non-hydrogen) atoms. The number of hydrogen-bond acceptors (Lipinski definition) is 3. The Balaban J connectivity index is 2.07. The lowest BCUT2D eigenvalue weighted by atomic mass is 10.2. The van der Waals surface area contributed by atoms with E-state index in [2.05, 4.69) is 16.7 Å². The van der Waals surface area contributed by atoms with E-state index in [1.165, 1.54) is 6.08 Å². The van der Waals surface area contributed by atoms with Crippen molar-refractivity contribution in [2.45, 2.75) is 13.5 Å². The number of para-hydroxylation sites is 1. The minimum atomic E-state index is -0.365. The number of esters is 1. The Morgan fingerprint density at radius 3 is 3.16 bits per heavy atom. The van der Waals surface area contributed by atoms with Gasteiger partial charge in [-0.1, -0.05) is 18.2 Å². The van der Waals surface area contributed by atoms with Crippen LogP contribution in [0.25, 0.3) is 16.7 Å². The number of benzene rings is 1. The van der Waals surface area contributed by atoms with Gasteiger partial charge in [0.2, 0.25) is 0 Å². The Morgan fingerprint density at radius 1 is 1.47 bits per heavy atom. The van der Waals surface area contributed by atoms with Crippen LogP contribution in [-0.2, 0) is 20.8 Å². The maximum atomic E-state index is 11.5. The highest BCUT2D eigenvalue weighted by atomic mass is 16.5. The average molecular weight is 257 g/mol. The number of ether oxygens (including phenoxy) is 2. The van der Waals surface area contributed by atoms with Crippen LogP contribution in [0.1, 0.15) is 12.6 Å². The second-order valence-corrected chi connectivity index (χ2v) is 4.35. The molecule has 0 bridgehead atoms. The first-order chi connectivity index (χ1) is 9.29. The predicted octanol–water partition coefficient (Wildman–Crippen LogP) is 2.58. The Bertz CT molecular complexity index is 654. The van der Waals surface area contributed by atoms with E-state index in [4.69, 9.17) is 9.47 Å². The number of carbonyl (C=O) groups excluding carboxylic acids is 1. The van der Waals surface area contributed by atoms with Crippen molar-refractivity contribution in [2.75, 3.05) is 13.2 Å². The quantitative estimate of drug-likeness (QED) is 0.613. The fourth-order valence-corrected chi connectivity index (χ4v) is 2.38. The van der Waals surface area contributed by atoms with Gasteiger partial charge in [0.15, 0.2) is 0 Å². The number of hydrogen-bond donors (Lipinski definition) is 0. The van der Waals surface area contributed by atoms with Crippen molar-refractivity contribution < 1.29 is 14.3 Å². The molecule has 0 amide bonds. The first-order valence-electron chi connectivity index (χ1n) is 6.39. The molecular formula is C15H15NO3. The van der Waals surface area contributed by atoms with Crippen molar-refractivity contribution in [3.8, 4) is 0 Å². The maximum Gasteiger partial charge on any atom is 0.334 e. The van der Waals surface area contributed by atoms with Crippen LogP contribution in [0.2, 0.25) is 0 Å². The number of fused-ring (bicyclic) bond motifs is 3. The molecule has 0 saturated carbocycles. The van der Waals surface area contributed by atoms with E-state index in [9.17, 15) is 4.79 Å². The summed E-state index contributed by atoms with van der Waals surface area (Å²) < 4.78 is 12.7. The van der Waals surface area contributed by atoms with Gasteiger partial charge in [0, 0.05) is 10.9 Å². The van der Waals surface area contributed by atoms with Gasteiger partial charge in [-0.3, -0.25) is 0 Å². The molecule has 1 aromatic carbocycles. The number of aromatic nitrogens is 1. The zero-order chi connectivity index (χ0) is 13.2. The van der Waals surface area contributed by atoms with Crippen molar-refractivity contribution in [3.63, 3.8) is 0 Å². The van der Waals surface area contributed by atoms with E-state index in [-0.39, 0.29) is 5.97 Å². The van der Waals surface area contributed by atoms with Crippen molar-refractivity contribution in [1.82, 2.24) is 4.57 Å². The molecule has 1 aromatic heterocycles. The molecule has 0 spiro atoms. The van der Waals surface area contributed by atoms with Gasteiger partial charge in [-0.2, -0.15) is 0 Å². The molecular weight excluding hydrogens is 242 g/mol. The maximum absolute atomic E-state index is 11.5. The van der Waals surface area contributed by atoms with E-state index >= 15 is 0 Å². The standard InChI is InChI=1S/C15H15NO3/c1-2-18-15(17)10-14-13-9-11-5-3-4-6-12(11)16(13)7-8-19-14/h3-6,9-10H,2,7-8H2,1H3/b14-10-. The normalized spacial score (nSPS) is 16.2. The van der Waals surface area contributed by atoms with E-state index < -0.39 is 0 Å². The Hall–Kier alpha value is -2.23. The zero-order valence-electron chi connectivity index (χ0n) is 10.8. The molecule has 1 aliphatic rings. The molecule has 0 radical (unpaired) electrons. The first kappa shape index (κ1) is 11.8. The topological polar surface area (TPSA) is 40.5 Å². The predicted molar refractivity (Wildman–Crippen MR) is 72.5 cm³/mol. The molecule has 2 aromatic rings. The molecule has 98 valence electrons. The molecule has 4 heteroatoms. The fraction of sp³-hybridized carbons (Fsp3) is 0.267. The van der Waals surface area contributed by atoms with Gasteiger partial charge >= 0.3 is 5.97 Å². The Labute approximate surface area is 111 Å². The number of carbonyl (C=O) groups is 1. The third kappa shape index (κ3) is 2.10. The summed E-state index contributed by atoms with van der Waals surface area (Å²) in [7, 11) is 0. The summed E-state index contributed by atoms with van der Waals surface area (Å²) >= 11 is 0. The molecule has 0 aliphatic carbocycles. The molecule has 0 atom stereocenters. The first-order valence-corrected chi connectivity index (χ1v) is 6.39. The van der Waals surface area contributed by atoms with Gasteiger partial charge in [-0.15, -0.1) is 0 Å². The SMILES string of the molecule is CCOC(=O)/C=C1\OCCn2c1cc1ccccc12. The summed E-state index contributed by atoms with van der Waals surface area (Å²) in [5.41, 5.74) is 2.09. The van der Waals surface area contributed by atoms with Crippen molar-refractivity contribution in [3.05, 3.63) is 42.1 Å². The van der Waals surface area contributed by atoms with E-state index in [0.717, 1.165) is 23.1 Å². The molecule has 1 aliphatic heterocycles. The van der Waals surface area contributed by atoms with Crippen LogP contribution in [0.5, 0.6) is 0 Å². The van der Waals surface area contributed by atoms with Gasteiger partial charge in [0.1, 0.15) is 12.4 Å². The number of nitrogens with zero attached hydrogens (tertiary/aromatic N) is 1. The van der Waals surface area contributed by atoms with Crippen LogP contribution in [0.15, 0.2) is 36.4 Å². The van der Waals surface area contributed by atoms with E-state index in [0.29, 0.717) is 19.0 Å². The van der Waals surface area contributed by atoms with Gasteiger partial charge in [-0.05, 0) is 19.1 Å². The lowest BCUT2D eigenvalue weighted by Gasteiger charge is -2.20. The molecule has 0 saturated heterocycles. The minimum absolute atomic E-state index is 0.365. The molecule has 0 fully saturated rings. The van der Waals surface area contributed by atoms with E-state index in [1.807, 2.05) is 18.2 Å². The lowest BCUT2D eigenvalue weighted by molar-refractivity contribution is -0.137. The van der Waals surface area contributed by atoms with Crippen LogP contribution in [0.3, 0.4) is 0 Å². The van der Waals surface area contributed by atoms with Gasteiger partial charge in [-0.25, -0.2) is 4.79 Å². The molecule has 0 unspecified atom stereocenters.